The average molecular weight is 211 g/mol. The molecule has 0 heterocycles. The van der Waals surface area contributed by atoms with E-state index < -0.39 is 0 Å². The van der Waals surface area contributed by atoms with E-state index in [2.05, 4.69) is 25.2 Å². The summed E-state index contributed by atoms with van der Waals surface area (Å²) in [4.78, 5) is 0. The summed E-state index contributed by atoms with van der Waals surface area (Å²) in [6, 6.07) is 0.426. The van der Waals surface area contributed by atoms with Gasteiger partial charge in [0.2, 0.25) is 0 Å². The van der Waals surface area contributed by atoms with Crippen LogP contribution in [-0.2, 0) is 4.74 Å². The molecule has 0 aromatic carbocycles. The smallest absolute Gasteiger partial charge is 0.0734 e. The summed E-state index contributed by atoms with van der Waals surface area (Å²) < 4.78 is 5.46. The molecule has 0 bridgehead atoms. The molecule has 0 amide bonds. The van der Waals surface area contributed by atoms with Crippen molar-refractivity contribution in [3.05, 3.63) is 11.6 Å². The Balaban J connectivity index is 2.57. The second kappa shape index (κ2) is 7.02. The normalized spacial score (nSPS) is 20.9. The summed E-state index contributed by atoms with van der Waals surface area (Å²) in [5.74, 6) is 0. The predicted molar refractivity (Wildman–Crippen MR) is 65.1 cm³/mol. The van der Waals surface area contributed by atoms with Gasteiger partial charge in [-0.15, -0.1) is 0 Å². The number of hydrogen-bond acceptors (Lipinski definition) is 2. The fourth-order valence-corrected chi connectivity index (χ4v) is 2.18. The molecule has 0 aliphatic heterocycles. The highest BCUT2D eigenvalue weighted by molar-refractivity contribution is 5.15. The van der Waals surface area contributed by atoms with E-state index in [0.717, 1.165) is 6.54 Å². The lowest BCUT2D eigenvalue weighted by atomic mass is 9.91. The second-order valence-corrected chi connectivity index (χ2v) is 4.40. The number of hydrogen-bond donors (Lipinski definition) is 1. The Bertz CT molecular complexity index is 201. The maximum Gasteiger partial charge on any atom is 0.0734 e. The lowest BCUT2D eigenvalue weighted by molar-refractivity contribution is 0.0923. The third-order valence-corrected chi connectivity index (χ3v) is 3.18. The number of methoxy groups -OCH3 is 1. The predicted octanol–water partition coefficient (Wildman–Crippen LogP) is 2.89. The standard InChI is InChI=1S/C13H25NO/c1-4-10-14-13(11(2)15-3)12-8-6-5-7-9-12/h8,11,13-14H,4-7,9-10H2,1-3H3. The van der Waals surface area contributed by atoms with Crippen LogP contribution in [-0.4, -0.2) is 25.8 Å². The topological polar surface area (TPSA) is 21.3 Å². The molecule has 88 valence electrons. The van der Waals surface area contributed by atoms with Crippen molar-refractivity contribution in [1.29, 1.82) is 0 Å². The van der Waals surface area contributed by atoms with Gasteiger partial charge in [0.25, 0.3) is 0 Å². The van der Waals surface area contributed by atoms with Crippen LogP contribution in [0.25, 0.3) is 0 Å². The first kappa shape index (κ1) is 12.7. The van der Waals surface area contributed by atoms with Crippen molar-refractivity contribution < 1.29 is 4.74 Å². The van der Waals surface area contributed by atoms with Crippen molar-refractivity contribution >= 4 is 0 Å². The maximum absolute atomic E-state index is 5.46. The van der Waals surface area contributed by atoms with Crippen molar-refractivity contribution in [2.75, 3.05) is 13.7 Å². The summed E-state index contributed by atoms with van der Waals surface area (Å²) >= 11 is 0. The zero-order valence-corrected chi connectivity index (χ0v) is 10.4. The van der Waals surface area contributed by atoms with Gasteiger partial charge in [-0.3, -0.25) is 0 Å². The molecule has 0 spiro atoms. The quantitative estimate of drug-likeness (QED) is 0.682. The van der Waals surface area contributed by atoms with Crippen LogP contribution in [0.4, 0.5) is 0 Å². The highest BCUT2D eigenvalue weighted by Crippen LogP contribution is 2.22. The van der Waals surface area contributed by atoms with Gasteiger partial charge in [-0.05, 0) is 45.6 Å². The minimum atomic E-state index is 0.279. The molecule has 0 saturated heterocycles. The molecule has 0 aromatic rings. The average Bonchev–Trinajstić information content (AvgIpc) is 2.30. The summed E-state index contributed by atoms with van der Waals surface area (Å²) in [6.45, 7) is 5.44. The maximum atomic E-state index is 5.46. The molecular formula is C13H25NO. The van der Waals surface area contributed by atoms with E-state index in [4.69, 9.17) is 4.74 Å². The molecule has 0 radical (unpaired) electrons. The van der Waals surface area contributed by atoms with Crippen molar-refractivity contribution in [2.24, 2.45) is 0 Å². The van der Waals surface area contributed by atoms with E-state index >= 15 is 0 Å². The number of ether oxygens (including phenoxy) is 1. The van der Waals surface area contributed by atoms with Gasteiger partial charge in [0.15, 0.2) is 0 Å². The lowest BCUT2D eigenvalue weighted by Crippen LogP contribution is -2.41. The molecular weight excluding hydrogens is 186 g/mol. The molecule has 0 fully saturated rings. The van der Waals surface area contributed by atoms with Crippen LogP contribution >= 0.6 is 0 Å². The molecule has 1 aliphatic rings. The second-order valence-electron chi connectivity index (χ2n) is 4.40. The molecule has 1 N–H and O–H groups in total. The minimum Gasteiger partial charge on any atom is -0.380 e. The van der Waals surface area contributed by atoms with Gasteiger partial charge in [0, 0.05) is 7.11 Å². The first-order valence-electron chi connectivity index (χ1n) is 6.24. The van der Waals surface area contributed by atoms with E-state index in [0.29, 0.717) is 6.04 Å². The number of rotatable bonds is 6. The van der Waals surface area contributed by atoms with Gasteiger partial charge in [0.1, 0.15) is 0 Å². The molecule has 2 nitrogen and oxygen atoms in total. The Morgan fingerprint density at radius 2 is 2.27 bits per heavy atom. The van der Waals surface area contributed by atoms with Crippen LogP contribution in [0.3, 0.4) is 0 Å². The SMILES string of the molecule is CCCNC(C1=CCCCC1)C(C)OC. The van der Waals surface area contributed by atoms with Crippen LogP contribution < -0.4 is 5.32 Å². The third kappa shape index (κ3) is 3.96. The van der Waals surface area contributed by atoms with Crippen LogP contribution in [0.2, 0.25) is 0 Å². The van der Waals surface area contributed by atoms with E-state index in [1.165, 1.54) is 32.1 Å². The zero-order chi connectivity index (χ0) is 11.1. The van der Waals surface area contributed by atoms with Gasteiger partial charge in [-0.25, -0.2) is 0 Å². The van der Waals surface area contributed by atoms with E-state index in [-0.39, 0.29) is 6.10 Å². The molecule has 15 heavy (non-hydrogen) atoms. The van der Waals surface area contributed by atoms with Gasteiger partial charge < -0.3 is 10.1 Å². The highest BCUT2D eigenvalue weighted by atomic mass is 16.5. The van der Waals surface area contributed by atoms with Gasteiger partial charge in [0.05, 0.1) is 12.1 Å². The zero-order valence-electron chi connectivity index (χ0n) is 10.4. The van der Waals surface area contributed by atoms with Crippen LogP contribution in [0.15, 0.2) is 11.6 Å². The van der Waals surface area contributed by atoms with Crippen molar-refractivity contribution in [1.82, 2.24) is 5.32 Å². The van der Waals surface area contributed by atoms with Gasteiger partial charge >= 0.3 is 0 Å². The van der Waals surface area contributed by atoms with Crippen LogP contribution in [0.1, 0.15) is 46.0 Å². The molecule has 1 rings (SSSR count). The first-order valence-corrected chi connectivity index (χ1v) is 6.24. The Morgan fingerprint density at radius 1 is 1.47 bits per heavy atom. The van der Waals surface area contributed by atoms with Crippen molar-refractivity contribution in [3.8, 4) is 0 Å². The highest BCUT2D eigenvalue weighted by Gasteiger charge is 2.21. The fourth-order valence-electron chi connectivity index (χ4n) is 2.18. The van der Waals surface area contributed by atoms with Gasteiger partial charge in [-0.2, -0.15) is 0 Å². The van der Waals surface area contributed by atoms with E-state index in [9.17, 15) is 0 Å². The Hall–Kier alpha value is -0.340. The number of nitrogens with one attached hydrogen (secondary N) is 1. The van der Waals surface area contributed by atoms with E-state index in [1.54, 1.807) is 12.7 Å². The summed E-state index contributed by atoms with van der Waals surface area (Å²) in [7, 11) is 1.80. The molecule has 2 unspecified atom stereocenters. The Morgan fingerprint density at radius 3 is 2.80 bits per heavy atom. The monoisotopic (exact) mass is 211 g/mol. The third-order valence-electron chi connectivity index (χ3n) is 3.18. The molecule has 0 aromatic heterocycles. The van der Waals surface area contributed by atoms with Crippen LogP contribution in [0.5, 0.6) is 0 Å². The van der Waals surface area contributed by atoms with Crippen molar-refractivity contribution in [3.63, 3.8) is 0 Å². The molecule has 2 atom stereocenters. The Labute approximate surface area is 94.1 Å². The first-order chi connectivity index (χ1) is 7.29. The van der Waals surface area contributed by atoms with Crippen molar-refractivity contribution in [2.45, 2.75) is 58.1 Å². The minimum absolute atomic E-state index is 0.279. The fraction of sp³-hybridized carbons (Fsp3) is 0.846. The molecule has 2 heteroatoms. The van der Waals surface area contributed by atoms with Crippen LogP contribution in [0, 0.1) is 0 Å². The summed E-state index contributed by atoms with van der Waals surface area (Å²) in [5, 5.41) is 3.60. The number of allylic oxidation sites excluding steroid dienone is 1. The largest absolute Gasteiger partial charge is 0.380 e. The van der Waals surface area contributed by atoms with E-state index in [1.807, 2.05) is 0 Å². The summed E-state index contributed by atoms with van der Waals surface area (Å²) in [5.41, 5.74) is 1.56. The molecule has 1 aliphatic carbocycles. The summed E-state index contributed by atoms with van der Waals surface area (Å²) in [6.07, 6.45) is 9.05. The Kier molecular flexibility index (Phi) is 5.96. The van der Waals surface area contributed by atoms with Gasteiger partial charge in [-0.1, -0.05) is 18.6 Å². The molecule has 0 saturated carbocycles. The lowest BCUT2D eigenvalue weighted by Gasteiger charge is -2.28.